The molecule has 0 bridgehead atoms. The van der Waals surface area contributed by atoms with Crippen LogP contribution in [0.4, 0.5) is 4.39 Å². The van der Waals surface area contributed by atoms with Crippen molar-refractivity contribution in [2.45, 2.75) is 32.4 Å². The van der Waals surface area contributed by atoms with Gasteiger partial charge < -0.3 is 10.1 Å². The second-order valence-electron chi connectivity index (χ2n) is 6.83. The number of carbonyl (C=O) groups excluding carboxylic acids is 1. The fourth-order valence-electron chi connectivity index (χ4n) is 3.14. The van der Waals surface area contributed by atoms with Crippen molar-refractivity contribution in [2.24, 2.45) is 5.92 Å². The van der Waals surface area contributed by atoms with Gasteiger partial charge in [-0.25, -0.2) is 9.82 Å². The van der Waals surface area contributed by atoms with Crippen LogP contribution in [0.15, 0.2) is 42.5 Å². The summed E-state index contributed by atoms with van der Waals surface area (Å²) in [6, 6.07) is 11.8. The van der Waals surface area contributed by atoms with E-state index >= 15 is 0 Å². The van der Waals surface area contributed by atoms with Crippen LogP contribution >= 0.6 is 11.6 Å². The van der Waals surface area contributed by atoms with E-state index in [0.29, 0.717) is 23.7 Å². The van der Waals surface area contributed by atoms with Crippen LogP contribution in [0.25, 0.3) is 0 Å². The largest absolute Gasteiger partial charge is 0.494 e. The summed E-state index contributed by atoms with van der Waals surface area (Å²) in [5, 5.41) is 3.20. The van der Waals surface area contributed by atoms with E-state index in [1.807, 2.05) is 24.3 Å². The van der Waals surface area contributed by atoms with Gasteiger partial charge in [0, 0.05) is 18.1 Å². The normalized spacial score (nSPS) is 18.8. The maximum atomic E-state index is 13.1. The van der Waals surface area contributed by atoms with Crippen molar-refractivity contribution < 1.29 is 13.9 Å². The second-order valence-corrected chi connectivity index (χ2v) is 7.24. The molecule has 2 aromatic rings. The number of amides is 1. The molecule has 2 atom stereocenters. The number of unbranched alkanes of at least 4 members (excludes halogenated alkanes) is 1. The summed E-state index contributed by atoms with van der Waals surface area (Å²) < 4.78 is 18.8. The zero-order valence-electron chi connectivity index (χ0n) is 15.8. The van der Waals surface area contributed by atoms with E-state index in [1.165, 1.54) is 12.1 Å². The Labute approximate surface area is 169 Å². The summed E-state index contributed by atoms with van der Waals surface area (Å²) in [5.74, 6) is 0.0683. The van der Waals surface area contributed by atoms with Gasteiger partial charge in [0.05, 0.1) is 18.6 Å². The first-order chi connectivity index (χ1) is 13.6. The monoisotopic (exact) mass is 405 g/mol. The number of carbonyl (C=O) groups is 1. The molecule has 0 spiro atoms. The topological polar surface area (TPSA) is 62.4 Å². The minimum atomic E-state index is -0.397. The molecule has 5 nitrogen and oxygen atoms in total. The average Bonchev–Trinajstić information content (AvgIpc) is 3.18. The van der Waals surface area contributed by atoms with Gasteiger partial charge in [-0.3, -0.25) is 10.2 Å². The highest BCUT2D eigenvalue weighted by molar-refractivity contribution is 6.31. The van der Waals surface area contributed by atoms with Gasteiger partial charge in [0.15, 0.2) is 0 Å². The Morgan fingerprint density at radius 2 is 2.07 bits per heavy atom. The molecule has 150 valence electrons. The van der Waals surface area contributed by atoms with Gasteiger partial charge in [-0.2, -0.15) is 0 Å². The minimum absolute atomic E-state index is 0.0915. The third-order valence-corrected chi connectivity index (χ3v) is 5.14. The average molecular weight is 406 g/mol. The fraction of sp³-hybridized carbons (Fsp3) is 0.381. The molecule has 1 aliphatic rings. The number of ether oxygens (including phenoxy) is 1. The lowest BCUT2D eigenvalue weighted by Crippen LogP contribution is -2.34. The van der Waals surface area contributed by atoms with Crippen molar-refractivity contribution in [3.05, 3.63) is 64.4 Å². The number of hydrazine groups is 1. The van der Waals surface area contributed by atoms with Crippen LogP contribution < -0.4 is 20.9 Å². The molecule has 3 N–H and O–H groups in total. The molecule has 3 rings (SSSR count). The lowest BCUT2D eigenvalue weighted by Gasteiger charge is -2.19. The molecule has 2 aromatic carbocycles. The van der Waals surface area contributed by atoms with Gasteiger partial charge in [-0.05, 0) is 41.8 Å². The van der Waals surface area contributed by atoms with Crippen LogP contribution in [0.2, 0.25) is 5.02 Å². The number of benzene rings is 2. The van der Waals surface area contributed by atoms with Crippen molar-refractivity contribution >= 4 is 17.5 Å². The third-order valence-electron chi connectivity index (χ3n) is 4.79. The maximum absolute atomic E-state index is 13.1. The smallest absolute Gasteiger partial charge is 0.226 e. The summed E-state index contributed by atoms with van der Waals surface area (Å²) in [6.07, 6.45) is 2.12. The predicted molar refractivity (Wildman–Crippen MR) is 107 cm³/mol. The zero-order chi connectivity index (χ0) is 19.9. The molecule has 0 aromatic heterocycles. The van der Waals surface area contributed by atoms with Crippen LogP contribution in [0.3, 0.4) is 0 Å². The molecular formula is C21H25ClFN3O2. The van der Waals surface area contributed by atoms with Gasteiger partial charge in [-0.15, -0.1) is 0 Å². The fourth-order valence-corrected chi connectivity index (χ4v) is 3.38. The SMILES string of the molecule is CCCCOc1ccc(C2NNCC2C(=O)NCc2ccc(F)cc2Cl)cc1. The van der Waals surface area contributed by atoms with Crippen molar-refractivity contribution in [3.8, 4) is 5.75 Å². The Hall–Kier alpha value is -2.15. The number of nitrogens with one attached hydrogen (secondary N) is 3. The summed E-state index contributed by atoms with van der Waals surface area (Å²) >= 11 is 6.03. The third kappa shape index (κ3) is 5.22. The Bertz CT molecular complexity index is 801. The molecule has 0 saturated carbocycles. The van der Waals surface area contributed by atoms with Crippen molar-refractivity contribution in [1.29, 1.82) is 0 Å². The van der Waals surface area contributed by atoms with Crippen LogP contribution in [0.5, 0.6) is 5.75 Å². The van der Waals surface area contributed by atoms with E-state index in [1.54, 1.807) is 6.07 Å². The van der Waals surface area contributed by atoms with E-state index in [9.17, 15) is 9.18 Å². The van der Waals surface area contributed by atoms with Crippen molar-refractivity contribution in [2.75, 3.05) is 13.2 Å². The van der Waals surface area contributed by atoms with E-state index in [4.69, 9.17) is 16.3 Å². The number of halogens is 2. The molecule has 7 heteroatoms. The molecule has 0 radical (unpaired) electrons. The molecular weight excluding hydrogens is 381 g/mol. The zero-order valence-corrected chi connectivity index (χ0v) is 16.6. The Morgan fingerprint density at radius 1 is 1.29 bits per heavy atom. The molecule has 1 saturated heterocycles. The quantitative estimate of drug-likeness (QED) is 0.585. The highest BCUT2D eigenvalue weighted by atomic mass is 35.5. The van der Waals surface area contributed by atoms with Gasteiger partial charge in [-0.1, -0.05) is 43.1 Å². The van der Waals surface area contributed by atoms with E-state index < -0.39 is 5.82 Å². The summed E-state index contributed by atoms with van der Waals surface area (Å²) in [4.78, 5) is 12.7. The van der Waals surface area contributed by atoms with Crippen LogP contribution in [0, 0.1) is 11.7 Å². The first-order valence-electron chi connectivity index (χ1n) is 9.51. The number of rotatable bonds is 8. The minimum Gasteiger partial charge on any atom is -0.494 e. The van der Waals surface area contributed by atoms with Crippen LogP contribution in [-0.4, -0.2) is 19.1 Å². The molecule has 1 fully saturated rings. The van der Waals surface area contributed by atoms with Crippen LogP contribution in [-0.2, 0) is 11.3 Å². The molecule has 28 heavy (non-hydrogen) atoms. The molecule has 0 aliphatic carbocycles. The maximum Gasteiger partial charge on any atom is 0.226 e. The Kier molecular flexibility index (Phi) is 7.25. The number of hydrogen-bond acceptors (Lipinski definition) is 4. The van der Waals surface area contributed by atoms with Gasteiger partial charge in [0.25, 0.3) is 0 Å². The second kappa shape index (κ2) is 9.87. The Morgan fingerprint density at radius 3 is 2.79 bits per heavy atom. The highest BCUT2D eigenvalue weighted by Crippen LogP contribution is 2.27. The summed E-state index contributed by atoms with van der Waals surface area (Å²) in [5.41, 5.74) is 7.91. The Balaban J connectivity index is 1.59. The first kappa shape index (κ1) is 20.6. The van der Waals surface area contributed by atoms with Crippen molar-refractivity contribution in [1.82, 2.24) is 16.2 Å². The number of hydrogen-bond donors (Lipinski definition) is 3. The van der Waals surface area contributed by atoms with E-state index in [2.05, 4.69) is 23.1 Å². The summed E-state index contributed by atoms with van der Waals surface area (Å²) in [7, 11) is 0. The van der Waals surface area contributed by atoms with E-state index in [0.717, 1.165) is 24.2 Å². The lowest BCUT2D eigenvalue weighted by atomic mass is 9.94. The molecule has 1 amide bonds. The standard InChI is InChI=1S/C21H25ClFN3O2/c1-2-3-10-28-17-8-5-14(6-9-17)20-18(13-25-26-20)21(27)24-12-15-4-7-16(23)11-19(15)22/h4-9,11,18,20,25-26H,2-3,10,12-13H2,1H3,(H,24,27). The van der Waals surface area contributed by atoms with Gasteiger partial charge >= 0.3 is 0 Å². The van der Waals surface area contributed by atoms with Gasteiger partial charge in [0.2, 0.25) is 5.91 Å². The van der Waals surface area contributed by atoms with Gasteiger partial charge in [0.1, 0.15) is 11.6 Å². The van der Waals surface area contributed by atoms with Crippen molar-refractivity contribution in [3.63, 3.8) is 0 Å². The molecule has 2 unspecified atom stereocenters. The van der Waals surface area contributed by atoms with E-state index in [-0.39, 0.29) is 24.4 Å². The molecule has 1 aliphatic heterocycles. The lowest BCUT2D eigenvalue weighted by molar-refractivity contribution is -0.125. The highest BCUT2D eigenvalue weighted by Gasteiger charge is 2.33. The summed E-state index contributed by atoms with van der Waals surface area (Å²) in [6.45, 7) is 3.60. The molecule has 1 heterocycles. The predicted octanol–water partition coefficient (Wildman–Crippen LogP) is 3.74. The van der Waals surface area contributed by atoms with Crippen LogP contribution in [0.1, 0.15) is 36.9 Å². The first-order valence-corrected chi connectivity index (χ1v) is 9.89.